The van der Waals surface area contributed by atoms with E-state index in [0.29, 0.717) is 19.6 Å². The number of fused-ring (bicyclic) bond motifs is 1. The Morgan fingerprint density at radius 3 is 2.87 bits per heavy atom. The fourth-order valence-electron chi connectivity index (χ4n) is 2.46. The minimum absolute atomic E-state index is 0.0741. The third-order valence-corrected chi connectivity index (χ3v) is 3.59. The van der Waals surface area contributed by atoms with Crippen LogP contribution in [0.5, 0.6) is 5.75 Å². The molecule has 0 aliphatic rings. The van der Waals surface area contributed by atoms with Gasteiger partial charge in [0.2, 0.25) is 5.91 Å². The van der Waals surface area contributed by atoms with E-state index in [0.717, 1.165) is 35.1 Å². The maximum absolute atomic E-state index is 11.9. The first-order chi connectivity index (χ1) is 11.1. The zero-order valence-electron chi connectivity index (χ0n) is 14.1. The molecule has 2 aromatic rings. The second-order valence-corrected chi connectivity index (χ2v) is 5.91. The number of benzene rings is 1. The lowest BCUT2D eigenvalue weighted by molar-refractivity contribution is -0.121. The number of aromatic nitrogens is 1. The van der Waals surface area contributed by atoms with Gasteiger partial charge in [0.1, 0.15) is 5.75 Å². The molecule has 5 nitrogen and oxygen atoms in total. The molecule has 2 N–H and O–H groups in total. The third kappa shape index (κ3) is 5.28. The van der Waals surface area contributed by atoms with E-state index >= 15 is 0 Å². The predicted molar refractivity (Wildman–Crippen MR) is 91.6 cm³/mol. The van der Waals surface area contributed by atoms with Crippen LogP contribution in [-0.4, -0.2) is 30.7 Å². The summed E-state index contributed by atoms with van der Waals surface area (Å²) in [6.45, 7) is 5.24. The molecular formula is C18H26N2O3. The van der Waals surface area contributed by atoms with Crippen LogP contribution < -0.4 is 10.1 Å². The molecule has 0 fully saturated rings. The summed E-state index contributed by atoms with van der Waals surface area (Å²) in [5.74, 6) is 0.921. The Morgan fingerprint density at radius 2 is 2.13 bits per heavy atom. The van der Waals surface area contributed by atoms with Gasteiger partial charge < -0.3 is 19.8 Å². The molecule has 0 bridgehead atoms. The van der Waals surface area contributed by atoms with E-state index in [1.807, 2.05) is 38.2 Å². The van der Waals surface area contributed by atoms with Crippen LogP contribution in [0.2, 0.25) is 0 Å². The van der Waals surface area contributed by atoms with E-state index in [1.165, 1.54) is 0 Å². The average Bonchev–Trinajstić information content (AvgIpc) is 2.91. The van der Waals surface area contributed by atoms with Crippen LogP contribution in [0, 0.1) is 0 Å². The molecule has 1 aromatic heterocycles. The summed E-state index contributed by atoms with van der Waals surface area (Å²) in [4.78, 5) is 15.1. The maximum atomic E-state index is 11.9. The topological polar surface area (TPSA) is 63.3 Å². The summed E-state index contributed by atoms with van der Waals surface area (Å²) < 4.78 is 10.7. The van der Waals surface area contributed by atoms with E-state index in [4.69, 9.17) is 9.47 Å². The summed E-state index contributed by atoms with van der Waals surface area (Å²) >= 11 is 0. The number of unbranched alkanes of at least 4 members (excludes halogenated alkanes) is 1. The minimum atomic E-state index is 0.0741. The highest BCUT2D eigenvalue weighted by atomic mass is 16.5. The van der Waals surface area contributed by atoms with Crippen molar-refractivity contribution in [1.29, 1.82) is 0 Å². The smallest absolute Gasteiger partial charge is 0.220 e. The van der Waals surface area contributed by atoms with Crippen molar-refractivity contribution in [3.63, 3.8) is 0 Å². The Hall–Kier alpha value is -2.01. The summed E-state index contributed by atoms with van der Waals surface area (Å²) in [6.07, 6.45) is 4.37. The van der Waals surface area contributed by atoms with Gasteiger partial charge in [-0.15, -0.1) is 0 Å². The fraction of sp³-hybridized carbons (Fsp3) is 0.500. The van der Waals surface area contributed by atoms with Crippen molar-refractivity contribution in [3.8, 4) is 5.75 Å². The lowest BCUT2D eigenvalue weighted by Crippen LogP contribution is -2.22. The molecule has 0 saturated carbocycles. The molecule has 0 saturated heterocycles. The predicted octanol–water partition coefficient (Wildman–Crippen LogP) is 3.39. The van der Waals surface area contributed by atoms with E-state index in [9.17, 15) is 4.79 Å². The van der Waals surface area contributed by atoms with Crippen molar-refractivity contribution in [2.24, 2.45) is 0 Å². The number of rotatable bonds is 9. The van der Waals surface area contributed by atoms with Crippen molar-refractivity contribution in [2.75, 3.05) is 13.7 Å². The number of carbonyl (C=O) groups excluding carboxylic acids is 1. The maximum Gasteiger partial charge on any atom is 0.220 e. The highest BCUT2D eigenvalue weighted by molar-refractivity contribution is 5.85. The number of hydrogen-bond acceptors (Lipinski definition) is 3. The Labute approximate surface area is 137 Å². The molecule has 0 atom stereocenters. The molecule has 126 valence electrons. The molecule has 0 aliphatic carbocycles. The molecule has 23 heavy (non-hydrogen) atoms. The third-order valence-electron chi connectivity index (χ3n) is 3.59. The lowest BCUT2D eigenvalue weighted by atomic mass is 10.1. The van der Waals surface area contributed by atoms with Crippen LogP contribution in [0.4, 0.5) is 0 Å². The zero-order chi connectivity index (χ0) is 16.7. The van der Waals surface area contributed by atoms with Crippen molar-refractivity contribution in [2.45, 2.75) is 45.8 Å². The molecule has 1 heterocycles. The summed E-state index contributed by atoms with van der Waals surface area (Å²) in [5, 5.41) is 4.06. The van der Waals surface area contributed by atoms with Gasteiger partial charge in [0.25, 0.3) is 0 Å². The Bertz CT molecular complexity index is 634. The average molecular weight is 318 g/mol. The van der Waals surface area contributed by atoms with Crippen LogP contribution in [0.25, 0.3) is 10.9 Å². The van der Waals surface area contributed by atoms with Gasteiger partial charge in [0, 0.05) is 43.8 Å². The summed E-state index contributed by atoms with van der Waals surface area (Å²) in [5.41, 5.74) is 2.12. The van der Waals surface area contributed by atoms with E-state index < -0.39 is 0 Å². The Kier molecular flexibility index (Phi) is 6.47. The first kappa shape index (κ1) is 17.3. The van der Waals surface area contributed by atoms with Crippen LogP contribution in [0.1, 0.15) is 38.7 Å². The van der Waals surface area contributed by atoms with Crippen LogP contribution in [0.3, 0.4) is 0 Å². The first-order valence-electron chi connectivity index (χ1n) is 8.12. The SMILES string of the molecule is COCCCCC(=O)NCc1c[nH]c2ccc(OC(C)C)cc12. The molecule has 1 aromatic carbocycles. The second kappa shape index (κ2) is 8.58. The van der Waals surface area contributed by atoms with E-state index in [-0.39, 0.29) is 12.0 Å². The van der Waals surface area contributed by atoms with Crippen molar-refractivity contribution in [3.05, 3.63) is 30.0 Å². The molecule has 2 rings (SSSR count). The van der Waals surface area contributed by atoms with Gasteiger partial charge >= 0.3 is 0 Å². The van der Waals surface area contributed by atoms with E-state index in [1.54, 1.807) is 7.11 Å². The molecule has 0 unspecified atom stereocenters. The number of aromatic amines is 1. The minimum Gasteiger partial charge on any atom is -0.491 e. The van der Waals surface area contributed by atoms with Crippen LogP contribution >= 0.6 is 0 Å². The molecule has 5 heteroatoms. The highest BCUT2D eigenvalue weighted by Gasteiger charge is 2.08. The standard InChI is InChI=1S/C18H26N2O3/c1-13(2)23-15-7-8-17-16(10-15)14(11-19-17)12-20-18(21)6-4-5-9-22-3/h7-8,10-11,13,19H,4-6,9,12H2,1-3H3,(H,20,21). The Balaban J connectivity index is 1.93. The Morgan fingerprint density at radius 1 is 1.30 bits per heavy atom. The molecule has 1 amide bonds. The number of amides is 1. The summed E-state index contributed by atoms with van der Waals surface area (Å²) in [7, 11) is 1.67. The van der Waals surface area contributed by atoms with Crippen LogP contribution in [-0.2, 0) is 16.1 Å². The number of hydrogen-bond donors (Lipinski definition) is 2. The van der Waals surface area contributed by atoms with Gasteiger partial charge in [0.15, 0.2) is 0 Å². The molecule has 0 aliphatic heterocycles. The first-order valence-corrected chi connectivity index (χ1v) is 8.12. The fourth-order valence-corrected chi connectivity index (χ4v) is 2.46. The lowest BCUT2D eigenvalue weighted by Gasteiger charge is -2.10. The number of carbonyl (C=O) groups is 1. The monoisotopic (exact) mass is 318 g/mol. The molecule has 0 spiro atoms. The summed E-state index contributed by atoms with van der Waals surface area (Å²) in [6, 6.07) is 5.98. The van der Waals surface area contributed by atoms with Gasteiger partial charge in [-0.25, -0.2) is 0 Å². The largest absolute Gasteiger partial charge is 0.491 e. The van der Waals surface area contributed by atoms with Gasteiger partial charge in [-0.05, 0) is 50.5 Å². The van der Waals surface area contributed by atoms with Crippen molar-refractivity contribution in [1.82, 2.24) is 10.3 Å². The number of H-pyrrole nitrogens is 1. The molecular weight excluding hydrogens is 292 g/mol. The van der Waals surface area contributed by atoms with Crippen LogP contribution in [0.15, 0.2) is 24.4 Å². The van der Waals surface area contributed by atoms with Gasteiger partial charge in [0.05, 0.1) is 6.10 Å². The number of methoxy groups -OCH3 is 1. The molecule has 0 radical (unpaired) electrons. The second-order valence-electron chi connectivity index (χ2n) is 5.91. The van der Waals surface area contributed by atoms with Gasteiger partial charge in [-0.3, -0.25) is 4.79 Å². The number of nitrogens with one attached hydrogen (secondary N) is 2. The van der Waals surface area contributed by atoms with Crippen molar-refractivity contribution >= 4 is 16.8 Å². The normalized spacial score (nSPS) is 11.1. The van der Waals surface area contributed by atoms with Gasteiger partial charge in [-0.1, -0.05) is 0 Å². The highest BCUT2D eigenvalue weighted by Crippen LogP contribution is 2.24. The van der Waals surface area contributed by atoms with Crippen molar-refractivity contribution < 1.29 is 14.3 Å². The van der Waals surface area contributed by atoms with Gasteiger partial charge in [-0.2, -0.15) is 0 Å². The zero-order valence-corrected chi connectivity index (χ0v) is 14.1. The van der Waals surface area contributed by atoms with E-state index in [2.05, 4.69) is 10.3 Å². The quantitative estimate of drug-likeness (QED) is 0.697. The number of ether oxygens (including phenoxy) is 2.